The first-order valence-electron chi connectivity index (χ1n) is 7.14. The van der Waals surface area contributed by atoms with Crippen LogP contribution in [0.2, 0.25) is 0 Å². The lowest BCUT2D eigenvalue weighted by molar-refractivity contribution is -0.907. The van der Waals surface area contributed by atoms with Gasteiger partial charge < -0.3 is 15.0 Å². The van der Waals surface area contributed by atoms with Gasteiger partial charge in [-0.05, 0) is 39.5 Å². The molecule has 1 saturated carbocycles. The summed E-state index contributed by atoms with van der Waals surface area (Å²) in [4.78, 5) is 13.3. The third kappa shape index (κ3) is 3.68. The second-order valence-electron chi connectivity index (χ2n) is 6.23. The maximum Gasteiger partial charge on any atom is 0.276 e. The molecular weight excluding hydrogens is 242 g/mol. The van der Waals surface area contributed by atoms with Crippen molar-refractivity contribution in [2.24, 2.45) is 5.92 Å². The zero-order chi connectivity index (χ0) is 14.0. The van der Waals surface area contributed by atoms with E-state index in [0.717, 1.165) is 25.9 Å². The molecule has 0 aromatic rings. The number of hydrogen-bond donors (Lipinski definition) is 2. The molecule has 1 heterocycles. The summed E-state index contributed by atoms with van der Waals surface area (Å²) in [5, 5.41) is 12.2. The van der Waals surface area contributed by atoms with Gasteiger partial charge in [0.1, 0.15) is 30.8 Å². The lowest BCUT2D eigenvalue weighted by Gasteiger charge is -2.32. The maximum atomic E-state index is 12.1. The summed E-state index contributed by atoms with van der Waals surface area (Å²) in [5.74, 6) is 0.311. The van der Waals surface area contributed by atoms with E-state index >= 15 is 0 Å². The van der Waals surface area contributed by atoms with Crippen LogP contribution in [0, 0.1) is 17.2 Å². The van der Waals surface area contributed by atoms with Gasteiger partial charge in [-0.2, -0.15) is 5.26 Å². The van der Waals surface area contributed by atoms with E-state index in [4.69, 9.17) is 4.74 Å². The molecule has 2 rings (SSSR count). The number of amides is 1. The molecule has 2 aliphatic rings. The Kier molecular flexibility index (Phi) is 4.12. The number of nitrogens with zero attached hydrogens (tertiary/aromatic N) is 1. The number of hydrogen-bond acceptors (Lipinski definition) is 3. The summed E-state index contributed by atoms with van der Waals surface area (Å²) in [7, 11) is 0. The molecule has 106 valence electrons. The normalized spacial score (nSPS) is 34.1. The summed E-state index contributed by atoms with van der Waals surface area (Å²) < 4.78 is 5.66. The van der Waals surface area contributed by atoms with Crippen LogP contribution in [0.4, 0.5) is 0 Å². The summed E-state index contributed by atoms with van der Waals surface area (Å²) >= 11 is 0. The topological polar surface area (TPSA) is 66.6 Å². The van der Waals surface area contributed by atoms with Gasteiger partial charge in [-0.1, -0.05) is 0 Å². The van der Waals surface area contributed by atoms with Crippen molar-refractivity contribution in [2.45, 2.75) is 51.4 Å². The van der Waals surface area contributed by atoms with Crippen molar-refractivity contribution in [2.75, 3.05) is 19.6 Å². The van der Waals surface area contributed by atoms with Crippen LogP contribution in [-0.2, 0) is 9.53 Å². The smallest absolute Gasteiger partial charge is 0.276 e. The number of morpholine rings is 1. The van der Waals surface area contributed by atoms with Crippen LogP contribution in [-0.4, -0.2) is 43.3 Å². The van der Waals surface area contributed by atoms with Crippen molar-refractivity contribution in [1.29, 1.82) is 5.26 Å². The molecule has 1 saturated heterocycles. The molecular formula is C14H24N3O2+. The Bertz CT molecular complexity index is 379. The van der Waals surface area contributed by atoms with Crippen LogP contribution in [0.3, 0.4) is 0 Å². The van der Waals surface area contributed by atoms with Gasteiger partial charge in [0.05, 0.1) is 6.07 Å². The maximum absolute atomic E-state index is 12.1. The number of carbonyl (C=O) groups excluding carboxylic acids is 1. The second-order valence-corrected chi connectivity index (χ2v) is 6.23. The van der Waals surface area contributed by atoms with Crippen LogP contribution >= 0.6 is 0 Å². The number of nitrogens with one attached hydrogen (secondary N) is 2. The molecule has 0 spiro atoms. The predicted octanol–water partition coefficient (Wildman–Crippen LogP) is -0.513. The Morgan fingerprint density at radius 3 is 2.47 bits per heavy atom. The minimum absolute atomic E-state index is 0.0211. The van der Waals surface area contributed by atoms with E-state index in [1.54, 1.807) is 0 Å². The van der Waals surface area contributed by atoms with Gasteiger partial charge in [0, 0.05) is 0 Å². The largest absolute Gasteiger partial charge is 0.364 e. The molecule has 0 aromatic carbocycles. The van der Waals surface area contributed by atoms with Gasteiger partial charge in [-0.15, -0.1) is 0 Å². The van der Waals surface area contributed by atoms with Gasteiger partial charge in [0.2, 0.25) is 0 Å². The summed E-state index contributed by atoms with van der Waals surface area (Å²) in [6.45, 7) is 8.05. The van der Waals surface area contributed by atoms with E-state index in [0.29, 0.717) is 12.5 Å². The van der Waals surface area contributed by atoms with Crippen molar-refractivity contribution in [3.05, 3.63) is 0 Å². The van der Waals surface area contributed by atoms with E-state index < -0.39 is 5.54 Å². The van der Waals surface area contributed by atoms with Crippen molar-refractivity contribution >= 4 is 5.91 Å². The van der Waals surface area contributed by atoms with Crippen LogP contribution in [0.5, 0.6) is 0 Å². The van der Waals surface area contributed by atoms with Crippen LogP contribution in [0.15, 0.2) is 0 Å². The molecule has 0 radical (unpaired) electrons. The Labute approximate surface area is 114 Å². The van der Waals surface area contributed by atoms with Crippen molar-refractivity contribution in [1.82, 2.24) is 5.32 Å². The average Bonchev–Trinajstić information content (AvgIpc) is 3.10. The fourth-order valence-electron chi connectivity index (χ4n) is 2.98. The fraction of sp³-hybridized carbons (Fsp3) is 0.857. The first-order chi connectivity index (χ1) is 8.93. The Hall–Kier alpha value is -1.12. The third-order valence-electron chi connectivity index (χ3n) is 4.05. The molecule has 1 aliphatic carbocycles. The summed E-state index contributed by atoms with van der Waals surface area (Å²) in [5.41, 5.74) is -0.681. The molecule has 5 heteroatoms. The van der Waals surface area contributed by atoms with E-state index in [9.17, 15) is 10.1 Å². The van der Waals surface area contributed by atoms with Gasteiger partial charge in [0.15, 0.2) is 6.54 Å². The van der Waals surface area contributed by atoms with Gasteiger partial charge >= 0.3 is 0 Å². The minimum Gasteiger partial charge on any atom is -0.364 e. The van der Waals surface area contributed by atoms with E-state index in [1.165, 1.54) is 4.90 Å². The van der Waals surface area contributed by atoms with E-state index in [2.05, 4.69) is 11.4 Å². The molecule has 2 N–H and O–H groups in total. The highest BCUT2D eigenvalue weighted by Crippen LogP contribution is 2.39. The molecule has 0 aromatic heterocycles. The van der Waals surface area contributed by atoms with Gasteiger partial charge in [0.25, 0.3) is 5.91 Å². The Balaban J connectivity index is 1.85. The highest BCUT2D eigenvalue weighted by molar-refractivity contribution is 5.78. The van der Waals surface area contributed by atoms with Crippen molar-refractivity contribution < 1.29 is 14.4 Å². The monoisotopic (exact) mass is 266 g/mol. The molecule has 1 aliphatic heterocycles. The first kappa shape index (κ1) is 14.3. The molecule has 3 atom stereocenters. The first-order valence-corrected chi connectivity index (χ1v) is 7.14. The molecule has 0 unspecified atom stereocenters. The zero-order valence-electron chi connectivity index (χ0n) is 12.0. The predicted molar refractivity (Wildman–Crippen MR) is 70.5 cm³/mol. The fourth-order valence-corrected chi connectivity index (χ4v) is 2.98. The molecule has 19 heavy (non-hydrogen) atoms. The third-order valence-corrected chi connectivity index (χ3v) is 4.05. The SMILES string of the molecule is C[C@H]1C[NH+](CC(=O)N[C@@](C)(C#N)C2CC2)C[C@H](C)O1. The number of ether oxygens (including phenoxy) is 1. The van der Waals surface area contributed by atoms with Crippen molar-refractivity contribution in [3.63, 3.8) is 0 Å². The molecule has 2 fully saturated rings. The quantitative estimate of drug-likeness (QED) is 0.720. The highest BCUT2D eigenvalue weighted by Gasteiger charge is 2.43. The number of carbonyl (C=O) groups is 1. The number of quaternary nitrogens is 1. The van der Waals surface area contributed by atoms with E-state index in [1.807, 2.05) is 20.8 Å². The van der Waals surface area contributed by atoms with Crippen LogP contribution in [0.25, 0.3) is 0 Å². The van der Waals surface area contributed by atoms with Crippen molar-refractivity contribution in [3.8, 4) is 6.07 Å². The second kappa shape index (κ2) is 5.48. The highest BCUT2D eigenvalue weighted by atomic mass is 16.5. The Morgan fingerprint density at radius 1 is 1.42 bits per heavy atom. The summed E-state index contributed by atoms with van der Waals surface area (Å²) in [6, 6.07) is 2.26. The van der Waals surface area contributed by atoms with Gasteiger partial charge in [-0.25, -0.2) is 0 Å². The standard InChI is InChI=1S/C14H23N3O2/c1-10-6-17(7-11(2)19-10)8-13(18)16-14(3,9-15)12-4-5-12/h10-12H,4-8H2,1-3H3,(H,16,18)/p+1/t10-,11-,14-/m0/s1. The average molecular weight is 266 g/mol. The molecule has 1 amide bonds. The van der Waals surface area contributed by atoms with Crippen LogP contribution in [0.1, 0.15) is 33.6 Å². The number of rotatable bonds is 4. The minimum atomic E-state index is -0.681. The van der Waals surface area contributed by atoms with E-state index in [-0.39, 0.29) is 18.1 Å². The zero-order valence-corrected chi connectivity index (χ0v) is 12.0. The lowest BCUT2D eigenvalue weighted by atomic mass is 9.98. The number of nitriles is 1. The van der Waals surface area contributed by atoms with Crippen LogP contribution < -0.4 is 10.2 Å². The molecule has 0 bridgehead atoms. The lowest BCUT2D eigenvalue weighted by Crippen LogP contribution is -3.16. The Morgan fingerprint density at radius 2 is 2.00 bits per heavy atom. The summed E-state index contributed by atoms with van der Waals surface area (Å²) in [6.07, 6.45) is 2.47. The molecule has 5 nitrogen and oxygen atoms in total. The van der Waals surface area contributed by atoms with Gasteiger partial charge in [-0.3, -0.25) is 4.79 Å².